The largest absolute Gasteiger partial charge is 0.476 e. The molecule has 9 heteroatoms. The Bertz CT molecular complexity index is 867. The van der Waals surface area contributed by atoms with Gasteiger partial charge in [0.1, 0.15) is 5.65 Å². The van der Waals surface area contributed by atoms with Crippen molar-refractivity contribution in [3.63, 3.8) is 0 Å². The van der Waals surface area contributed by atoms with Crippen LogP contribution >= 0.6 is 0 Å². The average Bonchev–Trinajstić information content (AvgIpc) is 3.16. The van der Waals surface area contributed by atoms with Gasteiger partial charge < -0.3 is 9.51 Å². The lowest BCUT2D eigenvalue weighted by molar-refractivity contribution is -0.136. The highest BCUT2D eigenvalue weighted by molar-refractivity contribution is 5.88. The number of aromatic nitrogens is 4. The molecule has 0 saturated carbocycles. The maximum absolute atomic E-state index is 13.3. The van der Waals surface area contributed by atoms with Crippen LogP contribution in [0, 0.1) is 6.92 Å². The van der Waals surface area contributed by atoms with Crippen LogP contribution in [0.5, 0.6) is 0 Å². The van der Waals surface area contributed by atoms with E-state index in [1.54, 1.807) is 0 Å². The lowest BCUT2D eigenvalue weighted by Crippen LogP contribution is -2.08. The fraction of sp³-hybridized carbons (Fsp3) is 0.267. The molecule has 0 spiro atoms. The molecule has 128 valence electrons. The number of halogens is 3. The van der Waals surface area contributed by atoms with Crippen molar-refractivity contribution in [1.82, 2.24) is 19.6 Å². The number of alkyl halides is 3. The third kappa shape index (κ3) is 2.97. The quantitative estimate of drug-likeness (QED) is 0.744. The van der Waals surface area contributed by atoms with E-state index in [2.05, 4.69) is 15.2 Å². The summed E-state index contributed by atoms with van der Waals surface area (Å²) in [5.41, 5.74) is -1.01. The molecular formula is C15H15F3N4O2. The van der Waals surface area contributed by atoms with Crippen LogP contribution in [0.2, 0.25) is 0 Å². The summed E-state index contributed by atoms with van der Waals surface area (Å²) in [7, 11) is 0. The molecule has 0 unspecified atom stereocenters. The Morgan fingerprint density at radius 2 is 1.96 bits per heavy atom. The number of carboxylic acid groups (broad SMARTS) is 1. The molecule has 0 amide bonds. The molecule has 0 aliphatic rings. The molecule has 0 aliphatic heterocycles. The third-order valence-electron chi connectivity index (χ3n) is 3.30. The Morgan fingerprint density at radius 3 is 2.46 bits per heavy atom. The van der Waals surface area contributed by atoms with Crippen molar-refractivity contribution < 1.29 is 23.1 Å². The minimum absolute atomic E-state index is 0.123. The van der Waals surface area contributed by atoms with E-state index in [4.69, 9.17) is 5.11 Å². The van der Waals surface area contributed by atoms with Gasteiger partial charge in [-0.15, -0.1) is 0 Å². The van der Waals surface area contributed by atoms with E-state index in [0.29, 0.717) is 5.56 Å². The fourth-order valence-corrected chi connectivity index (χ4v) is 2.24. The van der Waals surface area contributed by atoms with Crippen molar-refractivity contribution >= 4 is 11.6 Å². The summed E-state index contributed by atoms with van der Waals surface area (Å²) in [6, 6.07) is 0.929. The van der Waals surface area contributed by atoms with E-state index in [1.807, 2.05) is 13.8 Å². The number of nitrogens with zero attached hydrogens (tertiary/aromatic N) is 3. The van der Waals surface area contributed by atoms with Crippen LogP contribution in [0.25, 0.3) is 16.8 Å². The monoisotopic (exact) mass is 340 g/mol. The van der Waals surface area contributed by atoms with Crippen LogP contribution in [-0.2, 0) is 6.18 Å². The maximum Gasteiger partial charge on any atom is 0.420 e. The first-order valence-corrected chi connectivity index (χ1v) is 7.11. The van der Waals surface area contributed by atoms with E-state index in [9.17, 15) is 18.0 Å². The summed E-state index contributed by atoms with van der Waals surface area (Å²) in [5, 5.41) is 15.3. The van der Waals surface area contributed by atoms with E-state index in [0.717, 1.165) is 10.5 Å². The number of fused-ring (bicyclic) bond motifs is 1. The number of hydrogen-bond acceptors (Lipinski definition) is 3. The number of aromatic amines is 1. The van der Waals surface area contributed by atoms with Crippen LogP contribution in [0.4, 0.5) is 13.2 Å². The summed E-state index contributed by atoms with van der Waals surface area (Å²) < 4.78 is 40.9. The van der Waals surface area contributed by atoms with Crippen molar-refractivity contribution in [2.45, 2.75) is 26.9 Å². The number of nitrogens with one attached hydrogen (secondary N) is 1. The first-order valence-electron chi connectivity index (χ1n) is 7.11. The molecule has 0 fully saturated rings. The summed E-state index contributed by atoms with van der Waals surface area (Å²) in [6.07, 6.45) is -0.420. The summed E-state index contributed by atoms with van der Waals surface area (Å²) in [6.45, 7) is 5.41. The second kappa shape index (κ2) is 6.34. The van der Waals surface area contributed by atoms with Crippen LogP contribution in [-0.4, -0.2) is 30.7 Å². The van der Waals surface area contributed by atoms with Gasteiger partial charge in [-0.05, 0) is 13.0 Å². The minimum Gasteiger partial charge on any atom is -0.476 e. The molecule has 24 heavy (non-hydrogen) atoms. The number of carbonyl (C=O) groups is 1. The molecule has 0 bridgehead atoms. The predicted octanol–water partition coefficient (Wildman–Crippen LogP) is 3.78. The van der Waals surface area contributed by atoms with Gasteiger partial charge in [0.25, 0.3) is 0 Å². The molecule has 2 N–H and O–H groups in total. The molecule has 0 aromatic carbocycles. The van der Waals surface area contributed by atoms with Crippen LogP contribution in [0.3, 0.4) is 0 Å². The molecule has 3 rings (SSSR count). The highest BCUT2D eigenvalue weighted by atomic mass is 19.4. The van der Waals surface area contributed by atoms with Crippen molar-refractivity contribution in [3.8, 4) is 11.1 Å². The molecule has 0 aliphatic carbocycles. The third-order valence-corrected chi connectivity index (χ3v) is 3.30. The van der Waals surface area contributed by atoms with Gasteiger partial charge in [0, 0.05) is 23.5 Å². The first kappa shape index (κ1) is 17.5. The van der Waals surface area contributed by atoms with Crippen LogP contribution in [0.1, 0.15) is 35.6 Å². The van der Waals surface area contributed by atoms with Gasteiger partial charge >= 0.3 is 12.1 Å². The lowest BCUT2D eigenvalue weighted by Gasteiger charge is -2.10. The number of H-pyrrole nitrogens is 1. The molecule has 3 aromatic rings. The Morgan fingerprint density at radius 1 is 1.29 bits per heavy atom. The summed E-state index contributed by atoms with van der Waals surface area (Å²) in [5.74, 6) is -1.38. The van der Waals surface area contributed by atoms with E-state index in [-0.39, 0.29) is 11.3 Å². The molecule has 3 aromatic heterocycles. The van der Waals surface area contributed by atoms with E-state index < -0.39 is 29.1 Å². The molecule has 0 atom stereocenters. The van der Waals surface area contributed by atoms with Gasteiger partial charge in [-0.1, -0.05) is 13.8 Å². The van der Waals surface area contributed by atoms with Crippen molar-refractivity contribution in [2.24, 2.45) is 0 Å². The Balaban J connectivity index is 0.00000100. The van der Waals surface area contributed by atoms with Gasteiger partial charge in [-0.3, -0.25) is 5.10 Å². The molecule has 0 saturated heterocycles. The average molecular weight is 340 g/mol. The zero-order valence-corrected chi connectivity index (χ0v) is 13.1. The molecule has 3 heterocycles. The molecule has 6 nitrogen and oxygen atoms in total. The fourth-order valence-electron chi connectivity index (χ4n) is 2.24. The minimum atomic E-state index is -4.66. The summed E-state index contributed by atoms with van der Waals surface area (Å²) >= 11 is 0. The van der Waals surface area contributed by atoms with Crippen molar-refractivity contribution in [2.75, 3.05) is 0 Å². The van der Waals surface area contributed by atoms with Gasteiger partial charge in [0.05, 0.1) is 17.5 Å². The van der Waals surface area contributed by atoms with Crippen molar-refractivity contribution in [1.29, 1.82) is 0 Å². The smallest absolute Gasteiger partial charge is 0.420 e. The van der Waals surface area contributed by atoms with Gasteiger partial charge in [0.15, 0.2) is 5.69 Å². The standard InChI is InChI=1S/C13H9F3N4O2.C2H6/c1-6-10(12(21)22)19-11-9(13(14,15)16)2-7(5-20(6)11)8-3-17-18-4-8;1-2/h2-5H,1H3,(H,17,18)(H,21,22);1-2H3. The number of rotatable bonds is 2. The number of imidazole rings is 1. The Kier molecular flexibility index (Phi) is 4.63. The van der Waals surface area contributed by atoms with Crippen LogP contribution in [0.15, 0.2) is 24.7 Å². The van der Waals surface area contributed by atoms with Crippen LogP contribution < -0.4 is 0 Å². The highest BCUT2D eigenvalue weighted by Crippen LogP contribution is 2.35. The molecular weight excluding hydrogens is 325 g/mol. The number of pyridine rings is 1. The second-order valence-corrected chi connectivity index (χ2v) is 4.67. The highest BCUT2D eigenvalue weighted by Gasteiger charge is 2.35. The van der Waals surface area contributed by atoms with Gasteiger partial charge in [0.2, 0.25) is 0 Å². The van der Waals surface area contributed by atoms with E-state index >= 15 is 0 Å². The normalized spacial score (nSPS) is 11.2. The second-order valence-electron chi connectivity index (χ2n) is 4.67. The van der Waals surface area contributed by atoms with Gasteiger partial charge in [-0.2, -0.15) is 18.3 Å². The number of aromatic carboxylic acids is 1. The SMILES string of the molecule is CC.Cc1c(C(=O)O)nc2c(C(F)(F)F)cc(-c3cn[nH]c3)cn12. The topological polar surface area (TPSA) is 83.3 Å². The first-order chi connectivity index (χ1) is 11.3. The Labute approximate surface area is 135 Å². The number of hydrogen-bond donors (Lipinski definition) is 2. The summed E-state index contributed by atoms with van der Waals surface area (Å²) in [4.78, 5) is 14.7. The lowest BCUT2D eigenvalue weighted by atomic mass is 10.1. The Hall–Kier alpha value is -2.84. The maximum atomic E-state index is 13.3. The van der Waals surface area contributed by atoms with Crippen molar-refractivity contribution in [3.05, 3.63) is 41.6 Å². The zero-order valence-electron chi connectivity index (χ0n) is 13.1. The zero-order chi connectivity index (χ0) is 18.1. The predicted molar refractivity (Wildman–Crippen MR) is 80.8 cm³/mol. The molecule has 0 radical (unpaired) electrons. The van der Waals surface area contributed by atoms with Gasteiger partial charge in [-0.25, -0.2) is 9.78 Å². The number of carboxylic acids is 1. The van der Waals surface area contributed by atoms with E-state index in [1.165, 1.54) is 25.5 Å². The number of aryl methyl sites for hydroxylation is 1.